The fraction of sp³-hybridized carbons (Fsp3) is 0.462. The van der Waals surface area contributed by atoms with Gasteiger partial charge in [-0.05, 0) is 13.8 Å². The second-order valence-corrected chi connectivity index (χ2v) is 4.68. The minimum Gasteiger partial charge on any atom is -0.370 e. The molecular formula is C13H20N8O. The number of hydrogen-bond donors (Lipinski definition) is 3. The Labute approximate surface area is 128 Å². The van der Waals surface area contributed by atoms with Gasteiger partial charge in [-0.3, -0.25) is 9.48 Å². The Hall–Kier alpha value is -2.71. The van der Waals surface area contributed by atoms with Crippen LogP contribution in [0, 0.1) is 6.92 Å². The molecule has 22 heavy (non-hydrogen) atoms. The topological polar surface area (TPSA) is 110 Å². The first-order chi connectivity index (χ1) is 10.6. The van der Waals surface area contributed by atoms with Crippen LogP contribution in [0.2, 0.25) is 0 Å². The molecule has 0 saturated heterocycles. The molecule has 2 aromatic rings. The minimum atomic E-state index is -0.248. The van der Waals surface area contributed by atoms with Crippen LogP contribution in [0.1, 0.15) is 23.2 Å². The Morgan fingerprint density at radius 3 is 2.59 bits per heavy atom. The summed E-state index contributed by atoms with van der Waals surface area (Å²) in [6, 6.07) is 1.83. The highest BCUT2D eigenvalue weighted by molar-refractivity contribution is 5.91. The van der Waals surface area contributed by atoms with Gasteiger partial charge in [-0.1, -0.05) is 5.21 Å². The number of carbonyl (C=O) groups excluding carboxylic acids is 1. The molecule has 2 aromatic heterocycles. The van der Waals surface area contributed by atoms with E-state index in [1.54, 1.807) is 13.2 Å². The maximum atomic E-state index is 11.8. The number of rotatable bonds is 7. The van der Waals surface area contributed by atoms with Crippen LogP contribution in [0.3, 0.4) is 0 Å². The molecule has 0 spiro atoms. The molecule has 0 bridgehead atoms. The average Bonchev–Trinajstić information content (AvgIpc) is 2.90. The number of anilines is 2. The smallest absolute Gasteiger partial charge is 0.273 e. The normalized spacial score (nSPS) is 10.3. The molecule has 0 aliphatic carbocycles. The maximum absolute atomic E-state index is 11.8. The SMILES string of the molecule is CCNc1cc(NCCNC(=O)c2cn(C)nn2)nc(C)n1. The first kappa shape index (κ1) is 15.7. The average molecular weight is 304 g/mol. The van der Waals surface area contributed by atoms with Gasteiger partial charge in [0.05, 0.1) is 6.20 Å². The quantitative estimate of drug-likeness (QED) is 0.626. The number of hydrogen-bond acceptors (Lipinski definition) is 7. The van der Waals surface area contributed by atoms with Gasteiger partial charge in [0.15, 0.2) is 5.69 Å². The largest absolute Gasteiger partial charge is 0.370 e. The fourth-order valence-electron chi connectivity index (χ4n) is 1.84. The van der Waals surface area contributed by atoms with Gasteiger partial charge in [0, 0.05) is 32.7 Å². The van der Waals surface area contributed by atoms with Gasteiger partial charge < -0.3 is 16.0 Å². The number of nitrogens with one attached hydrogen (secondary N) is 3. The molecule has 118 valence electrons. The Kier molecular flexibility index (Phi) is 5.23. The minimum absolute atomic E-state index is 0.248. The van der Waals surface area contributed by atoms with Gasteiger partial charge in [0.1, 0.15) is 17.5 Å². The van der Waals surface area contributed by atoms with E-state index in [9.17, 15) is 4.79 Å². The van der Waals surface area contributed by atoms with Crippen LogP contribution in [0.25, 0.3) is 0 Å². The second-order valence-electron chi connectivity index (χ2n) is 4.68. The van der Waals surface area contributed by atoms with E-state index in [2.05, 4.69) is 36.2 Å². The van der Waals surface area contributed by atoms with Crippen molar-refractivity contribution in [3.8, 4) is 0 Å². The summed E-state index contributed by atoms with van der Waals surface area (Å²) in [5.74, 6) is 1.94. The monoisotopic (exact) mass is 304 g/mol. The molecule has 0 aliphatic rings. The van der Waals surface area contributed by atoms with Gasteiger partial charge in [0.2, 0.25) is 0 Å². The van der Waals surface area contributed by atoms with Crippen molar-refractivity contribution in [3.63, 3.8) is 0 Å². The van der Waals surface area contributed by atoms with Crippen molar-refractivity contribution in [2.75, 3.05) is 30.3 Å². The van der Waals surface area contributed by atoms with Gasteiger partial charge in [0.25, 0.3) is 5.91 Å². The van der Waals surface area contributed by atoms with Crippen molar-refractivity contribution in [1.82, 2.24) is 30.3 Å². The zero-order valence-electron chi connectivity index (χ0n) is 12.9. The first-order valence-electron chi connectivity index (χ1n) is 7.06. The highest BCUT2D eigenvalue weighted by Crippen LogP contribution is 2.10. The molecule has 0 atom stereocenters. The number of nitrogens with zero attached hydrogens (tertiary/aromatic N) is 5. The number of aryl methyl sites for hydroxylation is 2. The molecule has 9 nitrogen and oxygen atoms in total. The van der Waals surface area contributed by atoms with Crippen molar-refractivity contribution in [1.29, 1.82) is 0 Å². The molecule has 0 fully saturated rings. The van der Waals surface area contributed by atoms with E-state index < -0.39 is 0 Å². The van der Waals surface area contributed by atoms with Gasteiger partial charge in [-0.15, -0.1) is 5.10 Å². The predicted molar refractivity (Wildman–Crippen MR) is 82.8 cm³/mol. The highest BCUT2D eigenvalue weighted by atomic mass is 16.2. The third-order valence-corrected chi connectivity index (χ3v) is 2.75. The molecule has 2 rings (SSSR count). The molecule has 1 amide bonds. The number of aromatic nitrogens is 5. The lowest BCUT2D eigenvalue weighted by atomic mass is 10.4. The van der Waals surface area contributed by atoms with E-state index in [1.165, 1.54) is 4.68 Å². The van der Waals surface area contributed by atoms with Gasteiger partial charge >= 0.3 is 0 Å². The third-order valence-electron chi connectivity index (χ3n) is 2.75. The molecular weight excluding hydrogens is 284 g/mol. The van der Waals surface area contributed by atoms with E-state index in [0.717, 1.165) is 18.2 Å². The Bertz CT molecular complexity index is 639. The van der Waals surface area contributed by atoms with Gasteiger partial charge in [-0.25, -0.2) is 9.97 Å². The standard InChI is InChI=1S/C13H20N8O/c1-4-14-11-7-12(18-9(2)17-11)15-5-6-16-13(22)10-8-21(3)20-19-10/h7-8H,4-6H2,1-3H3,(H,16,22)(H2,14,15,17,18). The third kappa shape index (κ3) is 4.40. The van der Waals surface area contributed by atoms with Crippen molar-refractivity contribution >= 4 is 17.5 Å². The summed E-state index contributed by atoms with van der Waals surface area (Å²) >= 11 is 0. The molecule has 0 radical (unpaired) electrons. The molecule has 3 N–H and O–H groups in total. The Balaban J connectivity index is 1.80. The Morgan fingerprint density at radius 2 is 1.95 bits per heavy atom. The van der Waals surface area contributed by atoms with E-state index in [-0.39, 0.29) is 5.91 Å². The van der Waals surface area contributed by atoms with E-state index in [1.807, 2.05) is 19.9 Å². The lowest BCUT2D eigenvalue weighted by Crippen LogP contribution is -2.29. The van der Waals surface area contributed by atoms with E-state index in [0.29, 0.717) is 24.6 Å². The molecule has 0 aromatic carbocycles. The van der Waals surface area contributed by atoms with Crippen LogP contribution < -0.4 is 16.0 Å². The predicted octanol–water partition coefficient (Wildman–Crippen LogP) is 0.187. The lowest BCUT2D eigenvalue weighted by Gasteiger charge is -2.09. The van der Waals surface area contributed by atoms with E-state index in [4.69, 9.17) is 0 Å². The summed E-state index contributed by atoms with van der Waals surface area (Å²) in [6.45, 7) is 5.64. The van der Waals surface area contributed by atoms with Crippen molar-refractivity contribution in [2.24, 2.45) is 7.05 Å². The summed E-state index contributed by atoms with van der Waals surface area (Å²) in [7, 11) is 1.71. The summed E-state index contributed by atoms with van der Waals surface area (Å²) in [4.78, 5) is 20.3. The molecule has 0 aliphatic heterocycles. The van der Waals surface area contributed by atoms with Crippen LogP contribution in [0.4, 0.5) is 11.6 Å². The number of carbonyl (C=O) groups is 1. The van der Waals surface area contributed by atoms with E-state index >= 15 is 0 Å². The summed E-state index contributed by atoms with van der Waals surface area (Å²) < 4.78 is 1.49. The Morgan fingerprint density at radius 1 is 1.23 bits per heavy atom. The molecule has 2 heterocycles. The molecule has 0 unspecified atom stereocenters. The lowest BCUT2D eigenvalue weighted by molar-refractivity contribution is 0.0950. The number of amides is 1. The zero-order chi connectivity index (χ0) is 15.9. The maximum Gasteiger partial charge on any atom is 0.273 e. The summed E-state index contributed by atoms with van der Waals surface area (Å²) in [6.07, 6.45) is 1.57. The van der Waals surface area contributed by atoms with Crippen LogP contribution in [-0.4, -0.2) is 50.5 Å². The molecule has 9 heteroatoms. The zero-order valence-corrected chi connectivity index (χ0v) is 12.9. The summed E-state index contributed by atoms with van der Waals surface area (Å²) in [5.41, 5.74) is 0.301. The van der Waals surface area contributed by atoms with Crippen LogP contribution >= 0.6 is 0 Å². The van der Waals surface area contributed by atoms with Gasteiger partial charge in [-0.2, -0.15) is 0 Å². The first-order valence-corrected chi connectivity index (χ1v) is 7.06. The van der Waals surface area contributed by atoms with Crippen LogP contribution in [0.15, 0.2) is 12.3 Å². The van der Waals surface area contributed by atoms with Crippen molar-refractivity contribution in [2.45, 2.75) is 13.8 Å². The van der Waals surface area contributed by atoms with Crippen molar-refractivity contribution < 1.29 is 4.79 Å². The highest BCUT2D eigenvalue weighted by Gasteiger charge is 2.08. The fourth-order valence-corrected chi connectivity index (χ4v) is 1.84. The van der Waals surface area contributed by atoms with Crippen LogP contribution in [0.5, 0.6) is 0 Å². The van der Waals surface area contributed by atoms with Crippen molar-refractivity contribution in [3.05, 3.63) is 23.8 Å². The second kappa shape index (κ2) is 7.34. The van der Waals surface area contributed by atoms with Crippen LogP contribution in [-0.2, 0) is 7.05 Å². The summed E-state index contributed by atoms with van der Waals surface area (Å²) in [5, 5.41) is 16.5. The molecule has 0 saturated carbocycles.